The van der Waals surface area contributed by atoms with Crippen molar-refractivity contribution in [2.75, 3.05) is 11.9 Å². The Hall–Kier alpha value is -2.63. The number of carboxylic acid groups (broad SMARTS) is 1. The Labute approximate surface area is 116 Å². The third kappa shape index (κ3) is 4.24. The number of anilines is 1. The molecule has 0 fully saturated rings. The number of benzene rings is 1. The Bertz CT molecular complexity index is 587. The van der Waals surface area contributed by atoms with Crippen LogP contribution in [0.25, 0.3) is 0 Å². The second-order valence-electron chi connectivity index (χ2n) is 4.19. The average molecular weight is 273 g/mol. The molecule has 0 saturated carbocycles. The number of aryl methyl sites for hydroxylation is 1. The molecule has 1 aromatic carbocycles. The first kappa shape index (κ1) is 13.8. The van der Waals surface area contributed by atoms with Crippen LogP contribution in [-0.2, 0) is 11.3 Å². The molecule has 0 unspecified atom stereocenters. The standard InChI is InChI=1S/C14H15N3O3/c1-10-7-12(20-9-13(18)19)17-14(16-10)15-8-11-5-3-2-4-6-11/h2-7H,8-9H2,1H3,(H,18,19)(H,15,16,17). The maximum atomic E-state index is 10.5. The molecular weight excluding hydrogens is 258 g/mol. The molecule has 0 aliphatic carbocycles. The van der Waals surface area contributed by atoms with Gasteiger partial charge in [-0.05, 0) is 12.5 Å². The van der Waals surface area contributed by atoms with Crippen LogP contribution >= 0.6 is 0 Å². The molecule has 0 radical (unpaired) electrons. The second-order valence-corrected chi connectivity index (χ2v) is 4.19. The number of ether oxygens (including phenoxy) is 1. The van der Waals surface area contributed by atoms with Crippen molar-refractivity contribution in [2.24, 2.45) is 0 Å². The fourth-order valence-corrected chi connectivity index (χ4v) is 1.61. The molecule has 0 bridgehead atoms. The van der Waals surface area contributed by atoms with Gasteiger partial charge in [0, 0.05) is 18.3 Å². The number of nitrogens with zero attached hydrogens (tertiary/aromatic N) is 2. The first-order valence-electron chi connectivity index (χ1n) is 6.11. The predicted molar refractivity (Wildman–Crippen MR) is 73.7 cm³/mol. The SMILES string of the molecule is Cc1cc(OCC(=O)O)nc(NCc2ccccc2)n1. The second kappa shape index (κ2) is 6.51. The highest BCUT2D eigenvalue weighted by Gasteiger charge is 2.05. The highest BCUT2D eigenvalue weighted by Crippen LogP contribution is 2.12. The number of carbonyl (C=O) groups is 1. The summed E-state index contributed by atoms with van der Waals surface area (Å²) >= 11 is 0. The minimum atomic E-state index is -1.04. The molecule has 0 amide bonds. The molecule has 6 heteroatoms. The van der Waals surface area contributed by atoms with E-state index in [9.17, 15) is 4.79 Å². The minimum absolute atomic E-state index is 0.246. The van der Waals surface area contributed by atoms with Gasteiger partial charge in [-0.15, -0.1) is 0 Å². The van der Waals surface area contributed by atoms with Crippen LogP contribution in [0.1, 0.15) is 11.3 Å². The molecule has 0 aliphatic rings. The van der Waals surface area contributed by atoms with Crippen LogP contribution < -0.4 is 10.1 Å². The zero-order valence-corrected chi connectivity index (χ0v) is 11.0. The molecule has 1 aromatic heterocycles. The number of aliphatic carboxylic acids is 1. The lowest BCUT2D eigenvalue weighted by Gasteiger charge is -2.08. The van der Waals surface area contributed by atoms with E-state index in [-0.39, 0.29) is 5.88 Å². The number of carboxylic acids is 1. The minimum Gasteiger partial charge on any atom is -0.479 e. The summed E-state index contributed by atoms with van der Waals surface area (Å²) in [5.74, 6) is -0.384. The van der Waals surface area contributed by atoms with E-state index < -0.39 is 12.6 Å². The van der Waals surface area contributed by atoms with Gasteiger partial charge < -0.3 is 15.2 Å². The predicted octanol–water partition coefficient (Wildman–Crippen LogP) is 1.86. The molecule has 0 spiro atoms. The quantitative estimate of drug-likeness (QED) is 0.835. The molecule has 104 valence electrons. The summed E-state index contributed by atoms with van der Waals surface area (Å²) in [7, 11) is 0. The average Bonchev–Trinajstić information content (AvgIpc) is 2.44. The normalized spacial score (nSPS) is 10.1. The largest absolute Gasteiger partial charge is 0.479 e. The zero-order valence-electron chi connectivity index (χ0n) is 11.0. The Kier molecular flexibility index (Phi) is 4.49. The Morgan fingerprint density at radius 1 is 1.30 bits per heavy atom. The van der Waals surface area contributed by atoms with E-state index in [2.05, 4.69) is 15.3 Å². The van der Waals surface area contributed by atoms with Crippen molar-refractivity contribution in [3.63, 3.8) is 0 Å². The summed E-state index contributed by atoms with van der Waals surface area (Å²) in [5, 5.41) is 11.7. The van der Waals surface area contributed by atoms with Crippen LogP contribution in [0.15, 0.2) is 36.4 Å². The molecule has 2 N–H and O–H groups in total. The van der Waals surface area contributed by atoms with Crippen molar-refractivity contribution in [1.82, 2.24) is 9.97 Å². The maximum Gasteiger partial charge on any atom is 0.341 e. The number of aromatic nitrogens is 2. The summed E-state index contributed by atoms with van der Waals surface area (Å²) in [6.07, 6.45) is 0. The van der Waals surface area contributed by atoms with Gasteiger partial charge in [-0.2, -0.15) is 4.98 Å². The number of rotatable bonds is 6. The Morgan fingerprint density at radius 2 is 2.05 bits per heavy atom. The summed E-state index contributed by atoms with van der Waals surface area (Å²) in [5.41, 5.74) is 1.81. The number of nitrogens with one attached hydrogen (secondary N) is 1. The lowest BCUT2D eigenvalue weighted by molar-refractivity contribution is -0.139. The van der Waals surface area contributed by atoms with Gasteiger partial charge in [-0.1, -0.05) is 30.3 Å². The fourth-order valence-electron chi connectivity index (χ4n) is 1.61. The maximum absolute atomic E-state index is 10.5. The molecule has 6 nitrogen and oxygen atoms in total. The van der Waals surface area contributed by atoms with Gasteiger partial charge >= 0.3 is 5.97 Å². The van der Waals surface area contributed by atoms with Crippen LogP contribution in [-0.4, -0.2) is 27.7 Å². The fraction of sp³-hybridized carbons (Fsp3) is 0.214. The van der Waals surface area contributed by atoms with Crippen molar-refractivity contribution < 1.29 is 14.6 Å². The smallest absolute Gasteiger partial charge is 0.341 e. The third-order valence-corrected chi connectivity index (χ3v) is 2.47. The molecule has 0 saturated heterocycles. The molecule has 2 rings (SSSR count). The van der Waals surface area contributed by atoms with Gasteiger partial charge in [0.25, 0.3) is 0 Å². The van der Waals surface area contributed by atoms with Crippen molar-refractivity contribution in [1.29, 1.82) is 0 Å². The number of hydrogen-bond donors (Lipinski definition) is 2. The molecule has 0 atom stereocenters. The van der Waals surface area contributed by atoms with Gasteiger partial charge in [0.2, 0.25) is 11.8 Å². The van der Waals surface area contributed by atoms with E-state index in [1.807, 2.05) is 30.3 Å². The van der Waals surface area contributed by atoms with Gasteiger partial charge in [0.05, 0.1) is 0 Å². The van der Waals surface area contributed by atoms with Gasteiger partial charge in [-0.3, -0.25) is 0 Å². The Morgan fingerprint density at radius 3 is 2.75 bits per heavy atom. The van der Waals surface area contributed by atoms with E-state index in [1.165, 1.54) is 0 Å². The van der Waals surface area contributed by atoms with Crippen molar-refractivity contribution in [3.8, 4) is 5.88 Å². The highest BCUT2D eigenvalue weighted by atomic mass is 16.5. The van der Waals surface area contributed by atoms with E-state index in [1.54, 1.807) is 13.0 Å². The van der Waals surface area contributed by atoms with E-state index in [4.69, 9.17) is 9.84 Å². The Balaban J connectivity index is 2.02. The first-order valence-corrected chi connectivity index (χ1v) is 6.11. The molecule has 1 heterocycles. The summed E-state index contributed by atoms with van der Waals surface area (Å²) in [6.45, 7) is 1.96. The summed E-state index contributed by atoms with van der Waals surface area (Å²) in [4.78, 5) is 18.8. The van der Waals surface area contributed by atoms with Crippen LogP contribution in [0.2, 0.25) is 0 Å². The van der Waals surface area contributed by atoms with E-state index >= 15 is 0 Å². The molecule has 0 aliphatic heterocycles. The van der Waals surface area contributed by atoms with E-state index in [0.29, 0.717) is 18.2 Å². The van der Waals surface area contributed by atoms with Crippen LogP contribution in [0.5, 0.6) is 5.88 Å². The zero-order chi connectivity index (χ0) is 14.4. The van der Waals surface area contributed by atoms with Crippen LogP contribution in [0, 0.1) is 6.92 Å². The van der Waals surface area contributed by atoms with Crippen molar-refractivity contribution in [3.05, 3.63) is 47.7 Å². The lowest BCUT2D eigenvalue weighted by atomic mass is 10.2. The molecule has 2 aromatic rings. The van der Waals surface area contributed by atoms with Gasteiger partial charge in [0.1, 0.15) is 0 Å². The summed E-state index contributed by atoms with van der Waals surface area (Å²) in [6, 6.07) is 11.4. The monoisotopic (exact) mass is 273 g/mol. The third-order valence-electron chi connectivity index (χ3n) is 2.47. The first-order chi connectivity index (χ1) is 9.63. The topological polar surface area (TPSA) is 84.3 Å². The molecular formula is C14H15N3O3. The van der Waals surface area contributed by atoms with Gasteiger partial charge in [0.15, 0.2) is 6.61 Å². The van der Waals surface area contributed by atoms with Crippen LogP contribution in [0.3, 0.4) is 0 Å². The molecule has 20 heavy (non-hydrogen) atoms. The van der Waals surface area contributed by atoms with Crippen molar-refractivity contribution in [2.45, 2.75) is 13.5 Å². The summed E-state index contributed by atoms with van der Waals surface area (Å²) < 4.78 is 5.05. The van der Waals surface area contributed by atoms with Crippen molar-refractivity contribution >= 4 is 11.9 Å². The van der Waals surface area contributed by atoms with E-state index in [0.717, 1.165) is 5.56 Å². The highest BCUT2D eigenvalue weighted by molar-refractivity contribution is 5.68. The lowest BCUT2D eigenvalue weighted by Crippen LogP contribution is -2.12. The van der Waals surface area contributed by atoms with Gasteiger partial charge in [-0.25, -0.2) is 9.78 Å². The number of hydrogen-bond acceptors (Lipinski definition) is 5. The van der Waals surface area contributed by atoms with Crippen LogP contribution in [0.4, 0.5) is 5.95 Å².